The molecule has 1 aliphatic rings. The number of ether oxygens (including phenoxy) is 1. The fourth-order valence-corrected chi connectivity index (χ4v) is 2.51. The number of carboxylic acids is 1. The van der Waals surface area contributed by atoms with Crippen molar-refractivity contribution in [2.75, 3.05) is 0 Å². The van der Waals surface area contributed by atoms with Crippen LogP contribution >= 0.6 is 0 Å². The van der Waals surface area contributed by atoms with Gasteiger partial charge in [-0.2, -0.15) is 0 Å². The zero-order valence-corrected chi connectivity index (χ0v) is 11.7. The minimum absolute atomic E-state index is 0.0164. The summed E-state index contributed by atoms with van der Waals surface area (Å²) in [5.74, 6) is -0.830. The lowest BCUT2D eigenvalue weighted by Crippen LogP contribution is -2.21. The summed E-state index contributed by atoms with van der Waals surface area (Å²) in [4.78, 5) is 22.7. The number of aliphatic carboxylic acids is 1. The van der Waals surface area contributed by atoms with E-state index < -0.39 is 5.97 Å². The zero-order chi connectivity index (χ0) is 13.9. The largest absolute Gasteiger partial charge is 0.481 e. The third-order valence-electron chi connectivity index (χ3n) is 3.83. The van der Waals surface area contributed by atoms with Crippen LogP contribution in [0.15, 0.2) is 0 Å². The Balaban J connectivity index is 2.46. The molecule has 0 saturated carbocycles. The summed E-state index contributed by atoms with van der Waals surface area (Å²) in [6, 6.07) is 0. The van der Waals surface area contributed by atoms with Gasteiger partial charge in [0, 0.05) is 0 Å². The van der Waals surface area contributed by atoms with Gasteiger partial charge in [-0.05, 0) is 31.1 Å². The Morgan fingerprint density at radius 2 is 2.00 bits per heavy atom. The van der Waals surface area contributed by atoms with Gasteiger partial charge in [-0.3, -0.25) is 9.59 Å². The van der Waals surface area contributed by atoms with Gasteiger partial charge >= 0.3 is 11.9 Å². The molecule has 4 nitrogen and oxygen atoms in total. The molecule has 0 unspecified atom stereocenters. The van der Waals surface area contributed by atoms with E-state index in [1.807, 2.05) is 27.7 Å². The summed E-state index contributed by atoms with van der Waals surface area (Å²) in [5, 5.41) is 9.10. The predicted molar refractivity (Wildman–Crippen MR) is 68.0 cm³/mol. The van der Waals surface area contributed by atoms with Gasteiger partial charge in [0.05, 0.1) is 11.8 Å². The Labute approximate surface area is 109 Å². The molecule has 0 amide bonds. The highest BCUT2D eigenvalue weighted by Crippen LogP contribution is 2.31. The van der Waals surface area contributed by atoms with Crippen LogP contribution in [0.5, 0.6) is 0 Å². The third-order valence-corrected chi connectivity index (χ3v) is 3.83. The molecule has 104 valence electrons. The van der Waals surface area contributed by atoms with Gasteiger partial charge in [-0.1, -0.05) is 27.7 Å². The molecule has 0 aliphatic carbocycles. The van der Waals surface area contributed by atoms with Crippen LogP contribution in [0.1, 0.15) is 47.0 Å². The van der Waals surface area contributed by atoms with Crippen LogP contribution in [0.25, 0.3) is 0 Å². The monoisotopic (exact) mass is 256 g/mol. The van der Waals surface area contributed by atoms with Crippen molar-refractivity contribution >= 4 is 11.9 Å². The highest BCUT2D eigenvalue weighted by Gasteiger charge is 2.36. The Bertz CT molecular complexity index is 309. The molecule has 1 heterocycles. The number of cyclic esters (lactones) is 1. The molecular formula is C14H24O4. The maximum absolute atomic E-state index is 11.6. The molecule has 0 aromatic rings. The molecule has 1 aliphatic heterocycles. The van der Waals surface area contributed by atoms with E-state index in [2.05, 4.69) is 0 Å². The Hall–Kier alpha value is -1.06. The van der Waals surface area contributed by atoms with E-state index >= 15 is 0 Å². The first-order valence-corrected chi connectivity index (χ1v) is 6.76. The molecule has 0 spiro atoms. The van der Waals surface area contributed by atoms with E-state index in [1.165, 1.54) is 0 Å². The second kappa shape index (κ2) is 6.21. The van der Waals surface area contributed by atoms with E-state index in [9.17, 15) is 9.59 Å². The first kappa shape index (κ1) is 15.0. The Kier molecular flexibility index (Phi) is 5.17. The lowest BCUT2D eigenvalue weighted by molar-refractivity contribution is -0.145. The summed E-state index contributed by atoms with van der Waals surface area (Å²) in [6.07, 6.45) is 1.88. The second-order valence-corrected chi connectivity index (χ2v) is 5.91. The number of carboxylic acid groups (broad SMARTS) is 1. The van der Waals surface area contributed by atoms with Gasteiger partial charge in [-0.15, -0.1) is 0 Å². The van der Waals surface area contributed by atoms with Crippen molar-refractivity contribution in [3.8, 4) is 0 Å². The first-order chi connectivity index (χ1) is 8.32. The maximum Gasteiger partial charge on any atom is 0.309 e. The lowest BCUT2D eigenvalue weighted by Gasteiger charge is -2.17. The van der Waals surface area contributed by atoms with Gasteiger partial charge in [0.1, 0.15) is 6.10 Å². The highest BCUT2D eigenvalue weighted by atomic mass is 16.5. The van der Waals surface area contributed by atoms with Crippen LogP contribution in [0.2, 0.25) is 0 Å². The molecule has 1 fully saturated rings. The molecule has 3 atom stereocenters. The van der Waals surface area contributed by atoms with Crippen LogP contribution in [-0.4, -0.2) is 23.1 Å². The molecular weight excluding hydrogens is 232 g/mol. The number of carbonyl (C=O) groups excluding carboxylic acids is 1. The van der Waals surface area contributed by atoms with Crippen molar-refractivity contribution in [3.63, 3.8) is 0 Å². The van der Waals surface area contributed by atoms with Crippen LogP contribution in [0, 0.1) is 23.7 Å². The van der Waals surface area contributed by atoms with Gasteiger partial charge in [0.15, 0.2) is 0 Å². The summed E-state index contributed by atoms with van der Waals surface area (Å²) in [7, 11) is 0. The van der Waals surface area contributed by atoms with Crippen molar-refractivity contribution in [2.24, 2.45) is 23.7 Å². The highest BCUT2D eigenvalue weighted by molar-refractivity contribution is 5.75. The standard InChI is InChI=1S/C14H24O4/c1-8(2)11(13(15)16)6-5-10-7-12(9(3)4)14(17)18-10/h8-12H,5-7H2,1-4H3,(H,15,16)/t10-,11+,12+/m1/s1. The summed E-state index contributed by atoms with van der Waals surface area (Å²) < 4.78 is 5.31. The van der Waals surface area contributed by atoms with Gasteiger partial charge in [0.2, 0.25) is 0 Å². The SMILES string of the molecule is CC(C)[C@H](CC[C@@H]1C[C@@H](C(C)C)C(=O)O1)C(=O)O. The van der Waals surface area contributed by atoms with Crippen LogP contribution in [0.3, 0.4) is 0 Å². The lowest BCUT2D eigenvalue weighted by atomic mass is 9.87. The van der Waals surface area contributed by atoms with Gasteiger partial charge in [-0.25, -0.2) is 0 Å². The average Bonchev–Trinajstić information content (AvgIpc) is 2.58. The van der Waals surface area contributed by atoms with E-state index in [4.69, 9.17) is 9.84 Å². The van der Waals surface area contributed by atoms with Crippen LogP contribution in [-0.2, 0) is 14.3 Å². The minimum atomic E-state index is -0.755. The second-order valence-electron chi connectivity index (χ2n) is 5.91. The van der Waals surface area contributed by atoms with E-state index in [-0.39, 0.29) is 29.8 Å². The molecule has 18 heavy (non-hydrogen) atoms. The molecule has 0 aromatic heterocycles. The average molecular weight is 256 g/mol. The Morgan fingerprint density at radius 3 is 2.39 bits per heavy atom. The third kappa shape index (κ3) is 3.72. The summed E-state index contributed by atoms with van der Waals surface area (Å²) >= 11 is 0. The van der Waals surface area contributed by atoms with E-state index in [1.54, 1.807) is 0 Å². The molecule has 1 saturated heterocycles. The van der Waals surface area contributed by atoms with Gasteiger partial charge < -0.3 is 9.84 Å². The normalized spacial score (nSPS) is 25.6. The van der Waals surface area contributed by atoms with E-state index in [0.29, 0.717) is 18.8 Å². The molecule has 4 heteroatoms. The zero-order valence-electron chi connectivity index (χ0n) is 11.7. The number of esters is 1. The quantitative estimate of drug-likeness (QED) is 0.742. The van der Waals surface area contributed by atoms with Crippen LogP contribution in [0.4, 0.5) is 0 Å². The number of hydrogen-bond acceptors (Lipinski definition) is 3. The molecule has 1 N–H and O–H groups in total. The Morgan fingerprint density at radius 1 is 1.39 bits per heavy atom. The smallest absolute Gasteiger partial charge is 0.309 e. The topological polar surface area (TPSA) is 63.6 Å². The van der Waals surface area contributed by atoms with E-state index in [0.717, 1.165) is 6.42 Å². The fourth-order valence-electron chi connectivity index (χ4n) is 2.51. The molecule has 1 rings (SSSR count). The molecule has 0 bridgehead atoms. The van der Waals surface area contributed by atoms with Crippen molar-refractivity contribution in [1.82, 2.24) is 0 Å². The number of carbonyl (C=O) groups is 2. The molecule has 0 radical (unpaired) electrons. The number of hydrogen-bond donors (Lipinski definition) is 1. The summed E-state index contributed by atoms with van der Waals surface area (Å²) in [5.41, 5.74) is 0. The van der Waals surface area contributed by atoms with Gasteiger partial charge in [0.25, 0.3) is 0 Å². The molecule has 0 aromatic carbocycles. The maximum atomic E-state index is 11.6. The van der Waals surface area contributed by atoms with Crippen molar-refractivity contribution < 1.29 is 19.4 Å². The van der Waals surface area contributed by atoms with Crippen molar-refractivity contribution in [3.05, 3.63) is 0 Å². The van der Waals surface area contributed by atoms with Crippen molar-refractivity contribution in [2.45, 2.75) is 53.1 Å². The predicted octanol–water partition coefficient (Wildman–Crippen LogP) is 2.71. The fraction of sp³-hybridized carbons (Fsp3) is 0.857. The first-order valence-electron chi connectivity index (χ1n) is 6.76. The number of rotatable bonds is 6. The minimum Gasteiger partial charge on any atom is -0.481 e. The van der Waals surface area contributed by atoms with Crippen molar-refractivity contribution in [1.29, 1.82) is 0 Å². The van der Waals surface area contributed by atoms with Crippen LogP contribution < -0.4 is 0 Å². The summed E-state index contributed by atoms with van der Waals surface area (Å²) in [6.45, 7) is 7.86.